The molecule has 0 aromatic carbocycles. The fraction of sp³-hybridized carbons (Fsp3) is 0.692. The highest BCUT2D eigenvalue weighted by Crippen LogP contribution is 2.38. The highest BCUT2D eigenvalue weighted by Gasteiger charge is 2.41. The molecule has 1 aliphatic rings. The normalized spacial score (nSPS) is 24.9. The van der Waals surface area contributed by atoms with E-state index in [9.17, 15) is 14.9 Å². The van der Waals surface area contributed by atoms with Gasteiger partial charge < -0.3 is 5.32 Å². The smallest absolute Gasteiger partial charge is 0.302 e. The molecule has 8 heteroatoms. The van der Waals surface area contributed by atoms with Crippen molar-refractivity contribution >= 4 is 11.8 Å². The second-order valence-corrected chi connectivity index (χ2v) is 6.32. The first-order chi connectivity index (χ1) is 10.0. The van der Waals surface area contributed by atoms with Crippen LogP contribution >= 0.6 is 11.8 Å². The van der Waals surface area contributed by atoms with E-state index in [1.54, 1.807) is 7.05 Å². The maximum Gasteiger partial charge on any atom is 0.339 e. The number of rotatable bonds is 5. The summed E-state index contributed by atoms with van der Waals surface area (Å²) in [7, 11) is 3.49. The molecule has 0 radical (unpaired) electrons. The van der Waals surface area contributed by atoms with Gasteiger partial charge in [0, 0.05) is 12.8 Å². The fourth-order valence-electron chi connectivity index (χ4n) is 2.88. The Morgan fingerprint density at radius 3 is 3.05 bits per heavy atom. The molecule has 0 amide bonds. The number of hydrogen-bond donors (Lipinski definition) is 2. The Hall–Kier alpha value is -1.59. The molecule has 21 heavy (non-hydrogen) atoms. The summed E-state index contributed by atoms with van der Waals surface area (Å²) in [4.78, 5) is 26.2. The van der Waals surface area contributed by atoms with Gasteiger partial charge in [0.2, 0.25) is 0 Å². The van der Waals surface area contributed by atoms with Crippen LogP contribution in [0.3, 0.4) is 0 Å². The third-order valence-electron chi connectivity index (χ3n) is 4.11. The average Bonchev–Trinajstić information content (AvgIpc) is 2.88. The maximum atomic E-state index is 11.3. The standard InChI is InChI=1S/C13H19N5O2S/c1-15-13(8-14)6-3-4-9(13)5-7-21-12-16-10(19)11(20)17-18(12)2/h9,15H,3-7H2,1-2H3,(H,17,20). The van der Waals surface area contributed by atoms with Crippen LogP contribution < -0.4 is 16.4 Å². The van der Waals surface area contributed by atoms with Crippen LogP contribution in [0.15, 0.2) is 14.7 Å². The summed E-state index contributed by atoms with van der Waals surface area (Å²) in [6, 6.07) is 2.42. The van der Waals surface area contributed by atoms with Crippen molar-refractivity contribution in [3.63, 3.8) is 0 Å². The molecule has 114 valence electrons. The van der Waals surface area contributed by atoms with E-state index >= 15 is 0 Å². The Morgan fingerprint density at radius 1 is 1.62 bits per heavy atom. The first-order valence-electron chi connectivity index (χ1n) is 6.93. The molecule has 1 aliphatic carbocycles. The lowest BCUT2D eigenvalue weighted by Gasteiger charge is -2.28. The number of thioether (sulfide) groups is 1. The SMILES string of the molecule is CNC1(C#N)CCCC1CCSc1nc(=O)c(=O)[nH]n1C. The van der Waals surface area contributed by atoms with Crippen LogP contribution in [0.2, 0.25) is 0 Å². The van der Waals surface area contributed by atoms with E-state index in [1.807, 2.05) is 7.05 Å². The molecule has 2 N–H and O–H groups in total. The van der Waals surface area contributed by atoms with Gasteiger partial charge in [-0.2, -0.15) is 10.2 Å². The maximum absolute atomic E-state index is 11.3. The van der Waals surface area contributed by atoms with Crippen molar-refractivity contribution < 1.29 is 0 Å². The van der Waals surface area contributed by atoms with Gasteiger partial charge in [-0.3, -0.25) is 19.4 Å². The Labute approximate surface area is 126 Å². The minimum absolute atomic E-state index is 0.305. The zero-order valence-corrected chi connectivity index (χ0v) is 13.0. The molecule has 2 rings (SSSR count). The van der Waals surface area contributed by atoms with Crippen molar-refractivity contribution in [1.82, 2.24) is 20.1 Å². The van der Waals surface area contributed by atoms with Crippen molar-refractivity contribution in [3.05, 3.63) is 20.7 Å². The van der Waals surface area contributed by atoms with E-state index in [0.717, 1.165) is 31.4 Å². The van der Waals surface area contributed by atoms with E-state index in [0.29, 0.717) is 11.1 Å². The Kier molecular flexibility index (Phi) is 4.85. The molecular weight excluding hydrogens is 290 g/mol. The van der Waals surface area contributed by atoms with E-state index < -0.39 is 16.7 Å². The van der Waals surface area contributed by atoms with E-state index in [1.165, 1.54) is 16.4 Å². The van der Waals surface area contributed by atoms with E-state index in [-0.39, 0.29) is 0 Å². The predicted octanol–water partition coefficient (Wildman–Crippen LogP) is 0.233. The second kappa shape index (κ2) is 6.45. The monoisotopic (exact) mass is 309 g/mol. The van der Waals surface area contributed by atoms with Gasteiger partial charge in [0.05, 0.1) is 6.07 Å². The molecule has 1 aromatic rings. The molecule has 1 fully saturated rings. The van der Waals surface area contributed by atoms with Crippen molar-refractivity contribution in [3.8, 4) is 6.07 Å². The number of hydrogen-bond acceptors (Lipinski definition) is 6. The highest BCUT2D eigenvalue weighted by molar-refractivity contribution is 7.99. The van der Waals surface area contributed by atoms with Gasteiger partial charge >= 0.3 is 11.1 Å². The number of H-pyrrole nitrogens is 1. The van der Waals surface area contributed by atoms with Crippen molar-refractivity contribution in [2.45, 2.75) is 36.4 Å². The lowest BCUT2D eigenvalue weighted by molar-refractivity contribution is 0.332. The van der Waals surface area contributed by atoms with E-state index in [4.69, 9.17) is 0 Å². The van der Waals surface area contributed by atoms with Crippen LogP contribution in [0.1, 0.15) is 25.7 Å². The van der Waals surface area contributed by atoms with E-state index in [2.05, 4.69) is 21.5 Å². The minimum atomic E-state index is -0.766. The van der Waals surface area contributed by atoms with Crippen LogP contribution in [-0.4, -0.2) is 33.1 Å². The van der Waals surface area contributed by atoms with Gasteiger partial charge in [0.15, 0.2) is 5.16 Å². The number of aromatic amines is 1. The van der Waals surface area contributed by atoms with Gasteiger partial charge in [-0.15, -0.1) is 0 Å². The van der Waals surface area contributed by atoms with Crippen LogP contribution in [-0.2, 0) is 7.05 Å². The Balaban J connectivity index is 1.99. The fourth-order valence-corrected chi connectivity index (χ4v) is 3.85. The summed E-state index contributed by atoms with van der Waals surface area (Å²) in [6.07, 6.45) is 3.84. The molecule has 7 nitrogen and oxygen atoms in total. The van der Waals surface area contributed by atoms with Gasteiger partial charge in [-0.1, -0.05) is 18.2 Å². The Bertz CT molecular complexity index is 662. The lowest BCUT2D eigenvalue weighted by Crippen LogP contribution is -2.45. The lowest BCUT2D eigenvalue weighted by atomic mass is 9.87. The molecule has 2 atom stereocenters. The number of nitriles is 1. The number of nitrogens with zero attached hydrogens (tertiary/aromatic N) is 3. The molecule has 1 heterocycles. The third kappa shape index (κ3) is 3.19. The summed E-state index contributed by atoms with van der Waals surface area (Å²) >= 11 is 1.42. The average molecular weight is 309 g/mol. The molecule has 1 aromatic heterocycles. The molecule has 2 unspecified atom stereocenters. The number of aromatic nitrogens is 3. The van der Waals surface area contributed by atoms with Crippen LogP contribution in [0, 0.1) is 17.2 Å². The summed E-state index contributed by atoms with van der Waals surface area (Å²) in [5, 5.41) is 15.5. The molecule has 0 saturated heterocycles. The topological polar surface area (TPSA) is 104 Å². The predicted molar refractivity (Wildman–Crippen MR) is 80.2 cm³/mol. The zero-order chi connectivity index (χ0) is 15.5. The summed E-state index contributed by atoms with van der Waals surface area (Å²) < 4.78 is 1.46. The third-order valence-corrected chi connectivity index (χ3v) is 5.17. The van der Waals surface area contributed by atoms with Gasteiger partial charge in [0.1, 0.15) is 5.54 Å². The summed E-state index contributed by atoms with van der Waals surface area (Å²) in [5.74, 6) is 1.06. The minimum Gasteiger partial charge on any atom is -0.302 e. The van der Waals surface area contributed by atoms with Gasteiger partial charge in [-0.25, -0.2) is 0 Å². The van der Waals surface area contributed by atoms with Crippen LogP contribution in [0.4, 0.5) is 0 Å². The van der Waals surface area contributed by atoms with Crippen molar-refractivity contribution in [1.29, 1.82) is 5.26 Å². The number of nitrogens with one attached hydrogen (secondary N) is 2. The van der Waals surface area contributed by atoms with Crippen molar-refractivity contribution in [2.75, 3.05) is 12.8 Å². The molecular formula is C13H19N5O2S. The Morgan fingerprint density at radius 2 is 2.38 bits per heavy atom. The molecule has 0 spiro atoms. The quantitative estimate of drug-likeness (QED) is 0.596. The van der Waals surface area contributed by atoms with Crippen LogP contribution in [0.5, 0.6) is 0 Å². The second-order valence-electron chi connectivity index (χ2n) is 5.26. The highest BCUT2D eigenvalue weighted by atomic mass is 32.2. The zero-order valence-electron chi connectivity index (χ0n) is 12.2. The summed E-state index contributed by atoms with van der Waals surface area (Å²) in [6.45, 7) is 0. The van der Waals surface area contributed by atoms with Crippen LogP contribution in [0.25, 0.3) is 0 Å². The first kappa shape index (κ1) is 15.8. The summed E-state index contributed by atoms with van der Waals surface area (Å²) in [5.41, 5.74) is -1.90. The van der Waals surface area contributed by atoms with Crippen molar-refractivity contribution in [2.24, 2.45) is 13.0 Å². The molecule has 0 bridgehead atoms. The van der Waals surface area contributed by atoms with Gasteiger partial charge in [0.25, 0.3) is 0 Å². The molecule has 0 aliphatic heterocycles. The molecule has 1 saturated carbocycles. The van der Waals surface area contributed by atoms with Gasteiger partial charge in [-0.05, 0) is 32.2 Å². The first-order valence-corrected chi connectivity index (χ1v) is 7.91. The number of aryl methyl sites for hydroxylation is 1. The largest absolute Gasteiger partial charge is 0.339 e.